The lowest BCUT2D eigenvalue weighted by atomic mass is 9.98. The van der Waals surface area contributed by atoms with Crippen molar-refractivity contribution in [2.45, 2.75) is 118 Å². The second-order valence-electron chi connectivity index (χ2n) is 10.9. The van der Waals surface area contributed by atoms with Gasteiger partial charge in [-0.1, -0.05) is 129 Å². The summed E-state index contributed by atoms with van der Waals surface area (Å²) < 4.78 is 11.9. The highest BCUT2D eigenvalue weighted by atomic mass is 16.5. The second-order valence-corrected chi connectivity index (χ2v) is 10.9. The highest BCUT2D eigenvalue weighted by Crippen LogP contribution is 2.25. The highest BCUT2D eigenvalue weighted by molar-refractivity contribution is 5.64. The molecule has 2 heteroatoms. The first-order valence-electron chi connectivity index (χ1n) is 15.1. The van der Waals surface area contributed by atoms with Gasteiger partial charge in [0, 0.05) is 0 Å². The Kier molecular flexibility index (Phi) is 16.1. The van der Waals surface area contributed by atoms with E-state index < -0.39 is 0 Å². The van der Waals surface area contributed by atoms with E-state index in [0.29, 0.717) is 0 Å². The number of hydrogen-bond acceptors (Lipinski definition) is 2. The van der Waals surface area contributed by atoms with Gasteiger partial charge in [-0.2, -0.15) is 0 Å². The Morgan fingerprint density at radius 3 is 1.19 bits per heavy atom. The van der Waals surface area contributed by atoms with Crippen LogP contribution < -0.4 is 9.47 Å². The van der Waals surface area contributed by atoms with Crippen molar-refractivity contribution in [3.05, 3.63) is 48.5 Å². The van der Waals surface area contributed by atoms with Crippen LogP contribution in [0.4, 0.5) is 0 Å². The Bertz CT molecular complexity index is 697. The molecular formula is C34H54O2. The lowest BCUT2D eigenvalue weighted by Gasteiger charge is -2.11. The molecule has 0 heterocycles. The van der Waals surface area contributed by atoms with E-state index in [1.807, 2.05) is 0 Å². The maximum Gasteiger partial charge on any atom is 0.119 e. The van der Waals surface area contributed by atoms with Gasteiger partial charge in [-0.05, 0) is 60.1 Å². The molecule has 2 aromatic rings. The number of hydrogen-bond donors (Lipinski definition) is 0. The molecule has 0 fully saturated rings. The topological polar surface area (TPSA) is 18.5 Å². The molecule has 0 saturated carbocycles. The van der Waals surface area contributed by atoms with E-state index in [1.54, 1.807) is 0 Å². The Morgan fingerprint density at radius 2 is 0.833 bits per heavy atom. The summed E-state index contributed by atoms with van der Waals surface area (Å²) in [6.45, 7) is 11.0. The van der Waals surface area contributed by atoms with Gasteiger partial charge in [-0.25, -0.2) is 0 Å². The van der Waals surface area contributed by atoms with Crippen LogP contribution in [0.1, 0.15) is 118 Å². The molecule has 0 saturated heterocycles. The standard InChI is InChI=1S/C34H54O2/c1-5-7-15-29(3)17-11-9-13-27-35-33-23-19-31(20-24-33)32-21-25-34(26-22-32)36-28-14-10-12-18-30(4)16-8-6-2/h19-26,29-30H,5-18,27-28H2,1-4H3/t29-,30-/m0/s1. The second kappa shape index (κ2) is 19.2. The molecule has 0 aliphatic rings. The van der Waals surface area contributed by atoms with Gasteiger partial charge in [0.2, 0.25) is 0 Å². The SMILES string of the molecule is CCCC[C@H](C)CCCCCOc1ccc(-c2ccc(OCCCCC[C@@H](C)CCCC)cc2)cc1. The first-order chi connectivity index (χ1) is 17.6. The third-order valence-electron chi connectivity index (χ3n) is 7.36. The van der Waals surface area contributed by atoms with Crippen molar-refractivity contribution in [3.63, 3.8) is 0 Å². The molecule has 0 aliphatic carbocycles. The average Bonchev–Trinajstić information content (AvgIpc) is 2.91. The van der Waals surface area contributed by atoms with Crippen LogP contribution in [-0.2, 0) is 0 Å². The molecule has 0 amide bonds. The molecule has 0 radical (unpaired) electrons. The lowest BCUT2D eigenvalue weighted by molar-refractivity contribution is 0.301. The summed E-state index contributed by atoms with van der Waals surface area (Å²) in [5, 5.41) is 0. The van der Waals surface area contributed by atoms with Gasteiger partial charge in [0.15, 0.2) is 0 Å². The Labute approximate surface area is 223 Å². The summed E-state index contributed by atoms with van der Waals surface area (Å²) >= 11 is 0. The Balaban J connectivity index is 1.59. The zero-order valence-corrected chi connectivity index (χ0v) is 23.9. The lowest BCUT2D eigenvalue weighted by Crippen LogP contribution is -1.99. The molecule has 0 bridgehead atoms. The number of rotatable bonds is 21. The quantitative estimate of drug-likeness (QED) is 0.161. The average molecular weight is 495 g/mol. The van der Waals surface area contributed by atoms with Crippen LogP contribution in [0.5, 0.6) is 11.5 Å². The third-order valence-corrected chi connectivity index (χ3v) is 7.36. The largest absolute Gasteiger partial charge is 0.494 e. The fraction of sp³-hybridized carbons (Fsp3) is 0.647. The van der Waals surface area contributed by atoms with E-state index >= 15 is 0 Å². The maximum atomic E-state index is 5.97. The minimum Gasteiger partial charge on any atom is -0.494 e. The van der Waals surface area contributed by atoms with Crippen molar-refractivity contribution in [2.24, 2.45) is 11.8 Å². The van der Waals surface area contributed by atoms with E-state index in [1.165, 1.54) is 88.2 Å². The predicted molar refractivity (Wildman–Crippen MR) is 157 cm³/mol. The summed E-state index contributed by atoms with van der Waals surface area (Å²) in [6, 6.07) is 17.0. The van der Waals surface area contributed by atoms with Crippen molar-refractivity contribution < 1.29 is 9.47 Å². The van der Waals surface area contributed by atoms with Crippen LogP contribution in [0, 0.1) is 11.8 Å². The molecule has 0 spiro atoms. The minimum absolute atomic E-state index is 0.812. The van der Waals surface area contributed by atoms with E-state index in [-0.39, 0.29) is 0 Å². The van der Waals surface area contributed by atoms with Crippen LogP contribution in [0.2, 0.25) is 0 Å². The van der Waals surface area contributed by atoms with Gasteiger partial charge in [-0.3, -0.25) is 0 Å². The van der Waals surface area contributed by atoms with Crippen molar-refractivity contribution in [1.29, 1.82) is 0 Å². The van der Waals surface area contributed by atoms with Gasteiger partial charge in [0.25, 0.3) is 0 Å². The molecule has 2 nitrogen and oxygen atoms in total. The Hall–Kier alpha value is -1.96. The summed E-state index contributed by atoms with van der Waals surface area (Å²) in [5.41, 5.74) is 2.43. The van der Waals surface area contributed by atoms with Gasteiger partial charge >= 0.3 is 0 Å². The summed E-state index contributed by atoms with van der Waals surface area (Å²) in [6.07, 6.45) is 18.3. The van der Waals surface area contributed by atoms with Crippen LogP contribution in [0.15, 0.2) is 48.5 Å². The summed E-state index contributed by atoms with van der Waals surface area (Å²) in [7, 11) is 0. The fourth-order valence-corrected chi connectivity index (χ4v) is 4.80. The van der Waals surface area contributed by atoms with Gasteiger partial charge in [0.1, 0.15) is 11.5 Å². The van der Waals surface area contributed by atoms with E-state index in [0.717, 1.165) is 49.4 Å². The van der Waals surface area contributed by atoms with E-state index in [4.69, 9.17) is 9.47 Å². The van der Waals surface area contributed by atoms with Crippen LogP contribution >= 0.6 is 0 Å². The number of unbranched alkanes of at least 4 members (excludes halogenated alkanes) is 6. The van der Waals surface area contributed by atoms with Crippen LogP contribution in [-0.4, -0.2) is 13.2 Å². The molecule has 2 aromatic carbocycles. The molecule has 2 atom stereocenters. The first kappa shape index (κ1) is 30.3. The van der Waals surface area contributed by atoms with Gasteiger partial charge < -0.3 is 9.47 Å². The van der Waals surface area contributed by atoms with Crippen molar-refractivity contribution in [3.8, 4) is 22.6 Å². The predicted octanol–water partition coefficient (Wildman–Crippen LogP) is 10.9. The molecule has 0 aliphatic heterocycles. The monoisotopic (exact) mass is 494 g/mol. The number of benzene rings is 2. The number of ether oxygens (including phenoxy) is 2. The zero-order chi connectivity index (χ0) is 25.8. The van der Waals surface area contributed by atoms with Crippen molar-refractivity contribution in [2.75, 3.05) is 13.2 Å². The molecule has 36 heavy (non-hydrogen) atoms. The van der Waals surface area contributed by atoms with Crippen LogP contribution in [0.3, 0.4) is 0 Å². The van der Waals surface area contributed by atoms with Crippen molar-refractivity contribution in [1.82, 2.24) is 0 Å². The van der Waals surface area contributed by atoms with Crippen molar-refractivity contribution >= 4 is 0 Å². The molecule has 202 valence electrons. The molecule has 0 aromatic heterocycles. The highest BCUT2D eigenvalue weighted by Gasteiger charge is 2.04. The smallest absolute Gasteiger partial charge is 0.119 e. The zero-order valence-electron chi connectivity index (χ0n) is 23.9. The summed E-state index contributed by atoms with van der Waals surface area (Å²) in [4.78, 5) is 0. The maximum absolute atomic E-state index is 5.97. The minimum atomic E-state index is 0.812. The molecule has 2 rings (SSSR count). The van der Waals surface area contributed by atoms with Gasteiger partial charge in [0.05, 0.1) is 13.2 Å². The Morgan fingerprint density at radius 1 is 0.472 bits per heavy atom. The third kappa shape index (κ3) is 13.4. The summed E-state index contributed by atoms with van der Waals surface area (Å²) in [5.74, 6) is 3.68. The van der Waals surface area contributed by atoms with Gasteiger partial charge in [-0.15, -0.1) is 0 Å². The van der Waals surface area contributed by atoms with Crippen LogP contribution in [0.25, 0.3) is 11.1 Å². The van der Waals surface area contributed by atoms with E-state index in [9.17, 15) is 0 Å². The fourth-order valence-electron chi connectivity index (χ4n) is 4.80. The van der Waals surface area contributed by atoms with E-state index in [2.05, 4.69) is 76.2 Å². The molecule has 0 unspecified atom stereocenters. The first-order valence-corrected chi connectivity index (χ1v) is 15.1. The molecular weight excluding hydrogens is 440 g/mol. The normalized spacial score (nSPS) is 12.9. The molecule has 0 N–H and O–H groups in total.